The summed E-state index contributed by atoms with van der Waals surface area (Å²) in [5, 5.41) is 5.90. The first-order chi connectivity index (χ1) is 15.4. The summed E-state index contributed by atoms with van der Waals surface area (Å²) in [5.74, 6) is 0.754. The van der Waals surface area contributed by atoms with Gasteiger partial charge in [-0.2, -0.15) is 0 Å². The molecule has 2 amide bonds. The highest BCUT2D eigenvalue weighted by Gasteiger charge is 2.16. The third kappa shape index (κ3) is 6.04. The summed E-state index contributed by atoms with van der Waals surface area (Å²) in [6.07, 6.45) is 1.44. The summed E-state index contributed by atoms with van der Waals surface area (Å²) in [6.45, 7) is 4.85. The van der Waals surface area contributed by atoms with Crippen molar-refractivity contribution in [3.8, 4) is 11.5 Å². The number of halogens is 1. The molecule has 0 saturated heterocycles. The highest BCUT2D eigenvalue weighted by atomic mass is 35.5. The summed E-state index contributed by atoms with van der Waals surface area (Å²) in [6, 6.07) is 13.5. The second-order valence-electron chi connectivity index (χ2n) is 7.51. The van der Waals surface area contributed by atoms with Gasteiger partial charge in [0.1, 0.15) is 0 Å². The molecular weight excluding hydrogens is 432 g/mol. The zero-order valence-corrected chi connectivity index (χ0v) is 18.9. The standard InChI is InChI=1S/C24H25ClN2O5/c1-15(2)14-32-22-19(25)11-17(12-21(22)30-3)23(28)26-13-16-6-8-18(9-7-16)27-24(29)20-5-4-10-31-20/h4-12,15H,13-14H2,1-3H3,(H,26,28)(H,27,29). The van der Waals surface area contributed by atoms with E-state index in [1.165, 1.54) is 13.4 Å². The van der Waals surface area contributed by atoms with Crippen LogP contribution in [0, 0.1) is 5.92 Å². The molecule has 0 fully saturated rings. The minimum absolute atomic E-state index is 0.232. The van der Waals surface area contributed by atoms with Crippen LogP contribution < -0.4 is 20.1 Å². The Balaban J connectivity index is 1.60. The Bertz CT molecular complexity index is 1060. The lowest BCUT2D eigenvalue weighted by Gasteiger charge is -2.15. The number of hydrogen-bond donors (Lipinski definition) is 2. The summed E-state index contributed by atoms with van der Waals surface area (Å²) in [5.41, 5.74) is 1.85. The third-order valence-corrected chi connectivity index (χ3v) is 4.74. The highest BCUT2D eigenvalue weighted by Crippen LogP contribution is 2.36. The normalized spacial score (nSPS) is 10.7. The number of nitrogens with one attached hydrogen (secondary N) is 2. The molecule has 1 aromatic heterocycles. The van der Waals surface area contributed by atoms with E-state index in [9.17, 15) is 9.59 Å². The van der Waals surface area contributed by atoms with Crippen LogP contribution in [0.3, 0.4) is 0 Å². The van der Waals surface area contributed by atoms with Crippen molar-refractivity contribution < 1.29 is 23.5 Å². The van der Waals surface area contributed by atoms with Crippen LogP contribution in [0.15, 0.2) is 59.2 Å². The molecule has 0 aliphatic rings. The van der Waals surface area contributed by atoms with Crippen molar-refractivity contribution in [1.29, 1.82) is 0 Å². The number of hydrogen-bond acceptors (Lipinski definition) is 5. The van der Waals surface area contributed by atoms with Crippen molar-refractivity contribution in [2.24, 2.45) is 5.92 Å². The van der Waals surface area contributed by atoms with Crippen LogP contribution in [0.4, 0.5) is 5.69 Å². The Kier molecular flexibility index (Phi) is 7.78. The van der Waals surface area contributed by atoms with Crippen LogP contribution in [0.25, 0.3) is 0 Å². The first-order valence-corrected chi connectivity index (χ1v) is 10.5. The smallest absolute Gasteiger partial charge is 0.291 e. The molecule has 0 aliphatic carbocycles. The van der Waals surface area contributed by atoms with Gasteiger partial charge in [-0.1, -0.05) is 37.6 Å². The van der Waals surface area contributed by atoms with Gasteiger partial charge in [0.2, 0.25) is 0 Å². The Morgan fingerprint density at radius 2 is 1.84 bits per heavy atom. The molecule has 1 heterocycles. The van der Waals surface area contributed by atoms with E-state index in [0.717, 1.165) is 5.56 Å². The summed E-state index contributed by atoms with van der Waals surface area (Å²) < 4.78 is 16.1. The number of amides is 2. The van der Waals surface area contributed by atoms with E-state index in [1.54, 1.807) is 36.4 Å². The molecule has 2 aromatic carbocycles. The second kappa shape index (κ2) is 10.7. The Labute approximate surface area is 191 Å². The van der Waals surface area contributed by atoms with E-state index >= 15 is 0 Å². The second-order valence-corrected chi connectivity index (χ2v) is 7.91. The lowest BCUT2D eigenvalue weighted by molar-refractivity contribution is 0.0949. The molecule has 0 unspecified atom stereocenters. The van der Waals surface area contributed by atoms with Gasteiger partial charge in [0, 0.05) is 17.8 Å². The quantitative estimate of drug-likeness (QED) is 0.464. The Morgan fingerprint density at radius 1 is 1.09 bits per heavy atom. The van der Waals surface area contributed by atoms with Crippen molar-refractivity contribution >= 4 is 29.1 Å². The van der Waals surface area contributed by atoms with Crippen molar-refractivity contribution in [3.05, 3.63) is 76.7 Å². The molecule has 0 aliphatic heterocycles. The van der Waals surface area contributed by atoms with Crippen LogP contribution in [-0.2, 0) is 6.54 Å². The molecule has 2 N–H and O–H groups in total. The number of ether oxygens (including phenoxy) is 2. The molecule has 3 aromatic rings. The number of methoxy groups -OCH3 is 1. The number of carbonyl (C=O) groups excluding carboxylic acids is 2. The predicted molar refractivity (Wildman–Crippen MR) is 123 cm³/mol. The van der Waals surface area contributed by atoms with Crippen LogP contribution in [-0.4, -0.2) is 25.5 Å². The molecule has 0 spiro atoms. The van der Waals surface area contributed by atoms with Crippen molar-refractivity contribution in [1.82, 2.24) is 5.32 Å². The molecule has 0 bridgehead atoms. The van der Waals surface area contributed by atoms with Gasteiger partial charge in [0.05, 0.1) is 25.0 Å². The van der Waals surface area contributed by atoms with Crippen molar-refractivity contribution in [2.45, 2.75) is 20.4 Å². The molecule has 0 atom stereocenters. The minimum Gasteiger partial charge on any atom is -0.493 e. The number of benzene rings is 2. The molecule has 0 saturated carbocycles. The number of anilines is 1. The molecule has 7 nitrogen and oxygen atoms in total. The van der Waals surface area contributed by atoms with Crippen LogP contribution in [0.2, 0.25) is 5.02 Å². The summed E-state index contributed by atoms with van der Waals surface area (Å²) in [7, 11) is 1.50. The van der Waals surface area contributed by atoms with Gasteiger partial charge in [-0.3, -0.25) is 9.59 Å². The number of furan rings is 1. The van der Waals surface area contributed by atoms with Crippen LogP contribution >= 0.6 is 11.6 Å². The Hall–Kier alpha value is -3.45. The first-order valence-electron chi connectivity index (χ1n) is 10.1. The van der Waals surface area contributed by atoms with E-state index in [0.29, 0.717) is 46.8 Å². The van der Waals surface area contributed by atoms with Crippen molar-refractivity contribution in [2.75, 3.05) is 19.0 Å². The minimum atomic E-state index is -0.331. The SMILES string of the molecule is COc1cc(C(=O)NCc2ccc(NC(=O)c3ccco3)cc2)cc(Cl)c1OCC(C)C. The van der Waals surface area contributed by atoms with Gasteiger partial charge < -0.3 is 24.5 Å². The third-order valence-electron chi connectivity index (χ3n) is 4.46. The predicted octanol–water partition coefficient (Wildman–Crippen LogP) is 5.16. The summed E-state index contributed by atoms with van der Waals surface area (Å²) in [4.78, 5) is 24.6. The number of rotatable bonds is 9. The van der Waals surface area contributed by atoms with Crippen molar-refractivity contribution in [3.63, 3.8) is 0 Å². The Morgan fingerprint density at radius 3 is 2.47 bits per heavy atom. The maximum Gasteiger partial charge on any atom is 0.291 e. The summed E-state index contributed by atoms with van der Waals surface area (Å²) >= 11 is 6.33. The molecule has 32 heavy (non-hydrogen) atoms. The highest BCUT2D eigenvalue weighted by molar-refractivity contribution is 6.32. The largest absolute Gasteiger partial charge is 0.493 e. The van der Waals surface area contributed by atoms with Gasteiger partial charge in [-0.05, 0) is 47.9 Å². The fourth-order valence-corrected chi connectivity index (χ4v) is 3.10. The molecular formula is C24H25ClN2O5. The zero-order chi connectivity index (χ0) is 23.1. The number of carbonyl (C=O) groups is 2. The maximum atomic E-state index is 12.6. The van der Waals surface area contributed by atoms with E-state index in [1.807, 2.05) is 26.0 Å². The van der Waals surface area contributed by atoms with E-state index < -0.39 is 0 Å². The van der Waals surface area contributed by atoms with Gasteiger partial charge >= 0.3 is 0 Å². The van der Waals surface area contributed by atoms with Gasteiger partial charge in [-0.15, -0.1) is 0 Å². The van der Waals surface area contributed by atoms with Gasteiger partial charge in [0.15, 0.2) is 17.3 Å². The first kappa shape index (κ1) is 23.2. The average molecular weight is 457 g/mol. The molecule has 3 rings (SSSR count). The van der Waals surface area contributed by atoms with E-state index in [4.69, 9.17) is 25.5 Å². The van der Waals surface area contributed by atoms with Crippen LogP contribution in [0.5, 0.6) is 11.5 Å². The van der Waals surface area contributed by atoms with Gasteiger partial charge in [-0.25, -0.2) is 0 Å². The maximum absolute atomic E-state index is 12.6. The molecule has 8 heteroatoms. The fraction of sp³-hybridized carbons (Fsp3) is 0.250. The average Bonchev–Trinajstić information content (AvgIpc) is 3.32. The van der Waals surface area contributed by atoms with Gasteiger partial charge in [0.25, 0.3) is 11.8 Å². The van der Waals surface area contributed by atoms with E-state index in [-0.39, 0.29) is 17.6 Å². The fourth-order valence-electron chi connectivity index (χ4n) is 2.83. The van der Waals surface area contributed by atoms with Crippen LogP contribution in [0.1, 0.15) is 40.3 Å². The topological polar surface area (TPSA) is 89.8 Å². The molecule has 0 radical (unpaired) electrons. The monoisotopic (exact) mass is 456 g/mol. The zero-order valence-electron chi connectivity index (χ0n) is 18.1. The lowest BCUT2D eigenvalue weighted by Crippen LogP contribution is -2.23. The molecule has 168 valence electrons. The van der Waals surface area contributed by atoms with E-state index in [2.05, 4.69) is 10.6 Å². The lowest BCUT2D eigenvalue weighted by atomic mass is 10.1.